The first-order valence-electron chi connectivity index (χ1n) is 8.21. The number of carboxylic acid groups (broad SMARTS) is 1. The Morgan fingerprint density at radius 2 is 1.97 bits per heavy atom. The zero-order valence-electron chi connectivity index (χ0n) is 14.4. The third kappa shape index (κ3) is 3.27. The summed E-state index contributed by atoms with van der Waals surface area (Å²) in [5.74, 6) is -6.89. The second kappa shape index (κ2) is 6.81. The van der Waals surface area contributed by atoms with Crippen molar-refractivity contribution in [2.24, 2.45) is 0 Å². The van der Waals surface area contributed by atoms with Crippen LogP contribution in [0.25, 0.3) is 10.6 Å². The normalized spacial score (nSPS) is 17.0. The van der Waals surface area contributed by atoms with Crippen LogP contribution in [0.3, 0.4) is 0 Å². The first-order chi connectivity index (χ1) is 13.8. The van der Waals surface area contributed by atoms with Crippen LogP contribution in [0.4, 0.5) is 14.5 Å². The average Bonchev–Trinajstić information content (AvgIpc) is 3.28. The Labute approximate surface area is 164 Å². The van der Waals surface area contributed by atoms with E-state index in [1.807, 2.05) is 6.07 Å². The van der Waals surface area contributed by atoms with Gasteiger partial charge in [-0.2, -0.15) is 8.78 Å². The topological polar surface area (TPSA) is 127 Å². The van der Waals surface area contributed by atoms with Gasteiger partial charge in [0.05, 0.1) is 12.6 Å². The van der Waals surface area contributed by atoms with Crippen LogP contribution in [0.2, 0.25) is 0 Å². The molecule has 4 rings (SSSR count). The van der Waals surface area contributed by atoms with Gasteiger partial charge in [0, 0.05) is 5.56 Å². The van der Waals surface area contributed by atoms with E-state index in [0.29, 0.717) is 9.57 Å². The maximum Gasteiger partial charge on any atom is 0.327 e. The van der Waals surface area contributed by atoms with E-state index in [9.17, 15) is 23.2 Å². The maximum absolute atomic E-state index is 14.0. The third-order valence-electron chi connectivity index (χ3n) is 4.26. The van der Waals surface area contributed by atoms with Crippen LogP contribution in [0, 0.1) is 0 Å². The van der Waals surface area contributed by atoms with Crippen molar-refractivity contribution in [1.82, 2.24) is 19.7 Å². The molecule has 2 N–H and O–H groups in total. The molecule has 0 saturated heterocycles. The number of halogens is 2. The van der Waals surface area contributed by atoms with Crippen LogP contribution in [0.15, 0.2) is 41.3 Å². The Morgan fingerprint density at radius 1 is 1.24 bits per heavy atom. The lowest BCUT2D eigenvalue weighted by atomic mass is 10.2. The standard InChI is InChI=1S/C17H11F2N5O4S/c18-17(19)6-10(15(27)28)24-14(26)9(7-20-16(17)24)21-11(25)13-23-22-12(29-13)8-4-2-1-3-5-8/h1-5,7,10H,6H2,(H,21,25)(H,27,28)/t10-/m0/s1. The van der Waals surface area contributed by atoms with Crippen LogP contribution >= 0.6 is 11.3 Å². The van der Waals surface area contributed by atoms with E-state index in [4.69, 9.17) is 5.11 Å². The summed E-state index contributed by atoms with van der Waals surface area (Å²) in [4.78, 5) is 39.7. The molecule has 0 fully saturated rings. The second-order valence-electron chi connectivity index (χ2n) is 6.17. The zero-order chi connectivity index (χ0) is 20.8. The van der Waals surface area contributed by atoms with E-state index >= 15 is 0 Å². The fourth-order valence-corrected chi connectivity index (χ4v) is 3.67. The molecular formula is C17H11F2N5O4S. The van der Waals surface area contributed by atoms with Gasteiger partial charge < -0.3 is 10.4 Å². The number of anilines is 1. The number of nitrogens with one attached hydrogen (secondary N) is 1. The monoisotopic (exact) mass is 419 g/mol. The van der Waals surface area contributed by atoms with Crippen molar-refractivity contribution in [1.29, 1.82) is 0 Å². The lowest BCUT2D eigenvalue weighted by Crippen LogP contribution is -2.31. The third-order valence-corrected chi connectivity index (χ3v) is 5.23. The number of rotatable bonds is 4. The summed E-state index contributed by atoms with van der Waals surface area (Å²) < 4.78 is 28.3. The number of carbonyl (C=O) groups excluding carboxylic acids is 1. The molecule has 12 heteroatoms. The Morgan fingerprint density at radius 3 is 2.66 bits per heavy atom. The quantitative estimate of drug-likeness (QED) is 0.663. The molecule has 0 saturated carbocycles. The summed E-state index contributed by atoms with van der Waals surface area (Å²) in [5.41, 5.74) is -0.769. The van der Waals surface area contributed by atoms with E-state index in [2.05, 4.69) is 20.5 Å². The van der Waals surface area contributed by atoms with Gasteiger partial charge in [-0.25, -0.2) is 9.78 Å². The van der Waals surface area contributed by atoms with E-state index < -0.39 is 47.3 Å². The molecule has 0 aliphatic carbocycles. The van der Waals surface area contributed by atoms with Crippen molar-refractivity contribution in [2.45, 2.75) is 18.4 Å². The van der Waals surface area contributed by atoms with Crippen molar-refractivity contribution < 1.29 is 23.5 Å². The van der Waals surface area contributed by atoms with Gasteiger partial charge in [-0.1, -0.05) is 41.7 Å². The highest BCUT2D eigenvalue weighted by Crippen LogP contribution is 2.41. The van der Waals surface area contributed by atoms with Gasteiger partial charge in [0.1, 0.15) is 16.7 Å². The van der Waals surface area contributed by atoms with Crippen molar-refractivity contribution in [3.05, 3.63) is 57.7 Å². The Kier molecular flexibility index (Phi) is 4.42. The number of fused-ring (bicyclic) bond motifs is 1. The Bertz CT molecular complexity index is 1180. The van der Waals surface area contributed by atoms with E-state index in [1.165, 1.54) is 0 Å². The number of carbonyl (C=O) groups is 2. The lowest BCUT2D eigenvalue weighted by Gasteiger charge is -2.10. The van der Waals surface area contributed by atoms with Crippen LogP contribution in [0.5, 0.6) is 0 Å². The highest BCUT2D eigenvalue weighted by atomic mass is 32.1. The minimum Gasteiger partial charge on any atom is -0.480 e. The molecule has 3 aromatic rings. The van der Waals surface area contributed by atoms with Crippen LogP contribution in [0.1, 0.15) is 28.1 Å². The molecule has 2 aromatic heterocycles. The molecule has 29 heavy (non-hydrogen) atoms. The molecule has 0 radical (unpaired) electrons. The molecule has 0 spiro atoms. The molecule has 0 bridgehead atoms. The summed E-state index contributed by atoms with van der Waals surface area (Å²) in [5, 5.41) is 19.5. The van der Waals surface area contributed by atoms with Gasteiger partial charge in [0.2, 0.25) is 5.01 Å². The van der Waals surface area contributed by atoms with Gasteiger partial charge in [0.25, 0.3) is 11.5 Å². The predicted molar refractivity (Wildman–Crippen MR) is 97.0 cm³/mol. The number of aromatic nitrogens is 4. The predicted octanol–water partition coefficient (Wildman–Crippen LogP) is 2.14. The largest absolute Gasteiger partial charge is 0.480 e. The molecule has 3 heterocycles. The number of nitrogens with zero attached hydrogens (tertiary/aromatic N) is 4. The van der Waals surface area contributed by atoms with Crippen molar-refractivity contribution in [2.75, 3.05) is 5.32 Å². The van der Waals surface area contributed by atoms with Gasteiger partial charge >= 0.3 is 11.9 Å². The van der Waals surface area contributed by atoms with Gasteiger partial charge in [0.15, 0.2) is 5.82 Å². The second-order valence-corrected chi connectivity index (χ2v) is 7.14. The number of benzene rings is 1. The summed E-state index contributed by atoms with van der Waals surface area (Å²) in [7, 11) is 0. The van der Waals surface area contributed by atoms with E-state index in [0.717, 1.165) is 23.1 Å². The smallest absolute Gasteiger partial charge is 0.327 e. The molecule has 0 unspecified atom stereocenters. The molecule has 1 aliphatic rings. The number of aliphatic carboxylic acids is 1. The van der Waals surface area contributed by atoms with Crippen molar-refractivity contribution in [3.8, 4) is 10.6 Å². The van der Waals surface area contributed by atoms with Crippen molar-refractivity contribution >= 4 is 28.9 Å². The molecule has 9 nitrogen and oxygen atoms in total. The van der Waals surface area contributed by atoms with Crippen LogP contribution in [-0.2, 0) is 10.7 Å². The maximum atomic E-state index is 14.0. The highest BCUT2D eigenvalue weighted by molar-refractivity contribution is 7.16. The number of hydrogen-bond acceptors (Lipinski definition) is 7. The fourth-order valence-electron chi connectivity index (χ4n) is 2.93. The summed E-state index contributed by atoms with van der Waals surface area (Å²) in [6, 6.07) is 7.20. The molecular weight excluding hydrogens is 408 g/mol. The van der Waals surface area contributed by atoms with Crippen molar-refractivity contribution in [3.63, 3.8) is 0 Å². The zero-order valence-corrected chi connectivity index (χ0v) is 15.2. The summed E-state index contributed by atoms with van der Waals surface area (Å²) in [6.45, 7) is 0. The summed E-state index contributed by atoms with van der Waals surface area (Å²) in [6.07, 6.45) is -0.303. The summed E-state index contributed by atoms with van der Waals surface area (Å²) >= 11 is 0.972. The van der Waals surface area contributed by atoms with E-state index in [-0.39, 0.29) is 5.01 Å². The lowest BCUT2D eigenvalue weighted by molar-refractivity contribution is -0.142. The van der Waals surface area contributed by atoms with E-state index in [1.54, 1.807) is 24.3 Å². The molecule has 1 atom stereocenters. The SMILES string of the molecule is O=C(Nc1cnc2n(c1=O)[C@H](C(=O)O)CC2(F)F)c1nnc(-c2ccccc2)s1. The molecule has 1 aliphatic heterocycles. The van der Waals surface area contributed by atoms with Crippen LogP contribution < -0.4 is 10.9 Å². The molecule has 148 valence electrons. The van der Waals surface area contributed by atoms with Crippen LogP contribution in [-0.4, -0.2) is 36.7 Å². The number of alkyl halides is 2. The van der Waals surface area contributed by atoms with Gasteiger partial charge in [-0.15, -0.1) is 10.2 Å². The Balaban J connectivity index is 1.64. The first kappa shape index (κ1) is 18.8. The molecule has 1 amide bonds. The average molecular weight is 419 g/mol. The highest BCUT2D eigenvalue weighted by Gasteiger charge is 2.50. The first-order valence-corrected chi connectivity index (χ1v) is 9.02. The number of amides is 1. The minimum absolute atomic E-state index is 0.0612. The molecule has 1 aromatic carbocycles. The number of hydrogen-bond donors (Lipinski definition) is 2. The van der Waals surface area contributed by atoms with Gasteiger partial charge in [-0.3, -0.25) is 14.2 Å². The fraction of sp³-hybridized carbons (Fsp3) is 0.176. The number of carboxylic acids is 1. The minimum atomic E-state index is -3.56. The van der Waals surface area contributed by atoms with Gasteiger partial charge in [-0.05, 0) is 0 Å². The Hall–Kier alpha value is -3.54.